The molecule has 0 aliphatic rings. The number of ketones is 1. The molecule has 0 atom stereocenters. The maximum Gasteiger partial charge on any atom is 0.288 e. The molecule has 2 rings (SSSR count). The Kier molecular flexibility index (Phi) is 6.31. The van der Waals surface area contributed by atoms with Crippen molar-refractivity contribution in [1.82, 2.24) is 0 Å². The van der Waals surface area contributed by atoms with Gasteiger partial charge in [0.15, 0.2) is 12.4 Å². The Morgan fingerprint density at radius 3 is 2.42 bits per heavy atom. The molecule has 0 aliphatic carbocycles. The van der Waals surface area contributed by atoms with Gasteiger partial charge in [-0.1, -0.05) is 23.9 Å². The number of carbonyl (C=O) groups is 2. The number of carbonyl (C=O) groups excluding carboxylic acids is 2. The normalized spacial score (nSPS) is 10.5. The van der Waals surface area contributed by atoms with E-state index in [0.717, 1.165) is 0 Å². The molecule has 0 fully saturated rings. The molecule has 24 heavy (non-hydrogen) atoms. The van der Waals surface area contributed by atoms with Gasteiger partial charge in [0.1, 0.15) is 5.75 Å². The molecule has 0 radical (unpaired) electrons. The van der Waals surface area contributed by atoms with Crippen LogP contribution in [0.25, 0.3) is 0 Å². The molecule has 1 amide bonds. The number of ether oxygens (including phenoxy) is 1. The minimum Gasteiger partial charge on any atom is -0.483 e. The first-order valence-electron chi connectivity index (χ1n) is 7.03. The lowest BCUT2D eigenvalue weighted by Gasteiger charge is -2.10. The summed E-state index contributed by atoms with van der Waals surface area (Å²) in [5, 5.41) is 2.60. The lowest BCUT2D eigenvalue weighted by molar-refractivity contribution is -0.118. The summed E-state index contributed by atoms with van der Waals surface area (Å²) in [6.07, 6.45) is 0. The van der Waals surface area contributed by atoms with Gasteiger partial charge < -0.3 is 10.1 Å². The fourth-order valence-corrected chi connectivity index (χ4v) is 2.44. The van der Waals surface area contributed by atoms with Gasteiger partial charge in [-0.3, -0.25) is 9.59 Å². The molecule has 7 heteroatoms. The summed E-state index contributed by atoms with van der Waals surface area (Å²) in [5.41, 5.74) is 0.876. The van der Waals surface area contributed by atoms with E-state index in [1.807, 2.05) is 0 Å². The summed E-state index contributed by atoms with van der Waals surface area (Å²) in [4.78, 5) is 23.8. The molecule has 126 valence electrons. The molecule has 4 nitrogen and oxygen atoms in total. The first-order chi connectivity index (χ1) is 11.5. The van der Waals surface area contributed by atoms with Gasteiger partial charge in [0.25, 0.3) is 11.7 Å². The average molecular weight is 351 g/mol. The number of benzene rings is 2. The number of halogens is 2. The van der Waals surface area contributed by atoms with Crippen LogP contribution in [-0.2, 0) is 4.79 Å². The fourth-order valence-electron chi connectivity index (χ4n) is 1.94. The number of hydrogen-bond acceptors (Lipinski definition) is 4. The molecule has 0 aliphatic heterocycles. The van der Waals surface area contributed by atoms with Crippen LogP contribution in [0.2, 0.25) is 0 Å². The molecule has 0 spiro atoms. The number of alkyl halides is 2. The number of hydrogen-bond donors (Lipinski definition) is 1. The first kappa shape index (κ1) is 17.9. The van der Waals surface area contributed by atoms with Crippen LogP contribution in [0.15, 0.2) is 53.4 Å². The van der Waals surface area contributed by atoms with Crippen molar-refractivity contribution in [1.29, 1.82) is 0 Å². The van der Waals surface area contributed by atoms with Gasteiger partial charge in [0, 0.05) is 10.6 Å². The van der Waals surface area contributed by atoms with Gasteiger partial charge >= 0.3 is 0 Å². The number of para-hydroxylation sites is 1. The van der Waals surface area contributed by atoms with Crippen molar-refractivity contribution in [2.45, 2.75) is 17.6 Å². The molecule has 0 saturated carbocycles. The van der Waals surface area contributed by atoms with Gasteiger partial charge in [-0.15, -0.1) is 0 Å². The molecule has 0 bridgehead atoms. The van der Waals surface area contributed by atoms with Crippen LogP contribution in [0.4, 0.5) is 14.5 Å². The highest BCUT2D eigenvalue weighted by molar-refractivity contribution is 7.99. The Balaban J connectivity index is 1.91. The van der Waals surface area contributed by atoms with Crippen molar-refractivity contribution in [3.05, 3.63) is 54.1 Å². The first-order valence-corrected chi connectivity index (χ1v) is 7.91. The highest BCUT2D eigenvalue weighted by Gasteiger charge is 2.10. The highest BCUT2D eigenvalue weighted by atomic mass is 32.2. The third-order valence-corrected chi connectivity index (χ3v) is 3.71. The standard InChI is InChI=1S/C17H15F2NO3S/c1-11(21)14-4-2-3-5-15(14)23-10-16(22)20-12-6-8-13(9-7-12)24-17(18)19/h2-9,17H,10H2,1H3,(H,20,22). The van der Waals surface area contributed by atoms with E-state index in [9.17, 15) is 18.4 Å². The van der Waals surface area contributed by atoms with E-state index in [1.165, 1.54) is 31.2 Å². The van der Waals surface area contributed by atoms with Gasteiger partial charge in [-0.25, -0.2) is 0 Å². The number of thioether (sulfide) groups is 1. The van der Waals surface area contributed by atoms with E-state index in [4.69, 9.17) is 4.74 Å². The fraction of sp³-hybridized carbons (Fsp3) is 0.176. The van der Waals surface area contributed by atoms with Gasteiger partial charge in [-0.05, 0) is 43.3 Å². The van der Waals surface area contributed by atoms with Crippen LogP contribution in [0, 0.1) is 0 Å². The number of nitrogens with one attached hydrogen (secondary N) is 1. The van der Waals surface area contributed by atoms with Gasteiger partial charge in [0.2, 0.25) is 0 Å². The molecule has 2 aromatic carbocycles. The molecule has 1 N–H and O–H groups in total. The largest absolute Gasteiger partial charge is 0.483 e. The maximum absolute atomic E-state index is 12.2. The van der Waals surface area contributed by atoms with Crippen LogP contribution in [0.3, 0.4) is 0 Å². The Labute approximate surface area is 142 Å². The molecular weight excluding hydrogens is 336 g/mol. The molecule has 2 aromatic rings. The van der Waals surface area contributed by atoms with Crippen molar-refractivity contribution in [3.8, 4) is 5.75 Å². The van der Waals surface area contributed by atoms with E-state index in [2.05, 4.69) is 5.32 Å². The number of anilines is 1. The smallest absolute Gasteiger partial charge is 0.288 e. The lowest BCUT2D eigenvalue weighted by Crippen LogP contribution is -2.20. The summed E-state index contributed by atoms with van der Waals surface area (Å²) in [7, 11) is 0. The predicted molar refractivity (Wildman–Crippen MR) is 88.9 cm³/mol. The quantitative estimate of drug-likeness (QED) is 0.599. The third-order valence-electron chi connectivity index (χ3n) is 2.99. The second kappa shape index (κ2) is 8.44. The zero-order valence-electron chi connectivity index (χ0n) is 12.8. The third kappa shape index (κ3) is 5.34. The van der Waals surface area contributed by atoms with E-state index < -0.39 is 11.7 Å². The topological polar surface area (TPSA) is 55.4 Å². The highest BCUT2D eigenvalue weighted by Crippen LogP contribution is 2.26. The minimum atomic E-state index is -2.49. The van der Waals surface area contributed by atoms with E-state index >= 15 is 0 Å². The summed E-state index contributed by atoms with van der Waals surface area (Å²) in [6.45, 7) is 1.15. The second-order valence-electron chi connectivity index (χ2n) is 4.79. The second-order valence-corrected chi connectivity index (χ2v) is 5.86. The molecule has 0 aromatic heterocycles. The Hall–Kier alpha value is -2.41. The van der Waals surface area contributed by atoms with Crippen LogP contribution in [0.5, 0.6) is 5.75 Å². The predicted octanol–water partition coefficient (Wildman–Crippen LogP) is 4.22. The monoisotopic (exact) mass is 351 g/mol. The van der Waals surface area contributed by atoms with E-state index in [0.29, 0.717) is 33.7 Å². The van der Waals surface area contributed by atoms with Crippen LogP contribution < -0.4 is 10.1 Å². The lowest BCUT2D eigenvalue weighted by atomic mass is 10.1. The van der Waals surface area contributed by atoms with Crippen molar-refractivity contribution in [2.75, 3.05) is 11.9 Å². The van der Waals surface area contributed by atoms with E-state index in [-0.39, 0.29) is 12.4 Å². The van der Waals surface area contributed by atoms with Crippen LogP contribution in [-0.4, -0.2) is 24.1 Å². The van der Waals surface area contributed by atoms with Crippen molar-refractivity contribution in [3.63, 3.8) is 0 Å². The number of Topliss-reactive ketones (excluding diaryl/α,β-unsaturated/α-hetero) is 1. The van der Waals surface area contributed by atoms with Crippen LogP contribution >= 0.6 is 11.8 Å². The zero-order chi connectivity index (χ0) is 17.5. The van der Waals surface area contributed by atoms with Gasteiger partial charge in [0.05, 0.1) is 5.56 Å². The van der Waals surface area contributed by atoms with E-state index in [1.54, 1.807) is 24.3 Å². The SMILES string of the molecule is CC(=O)c1ccccc1OCC(=O)Nc1ccc(SC(F)F)cc1. The van der Waals surface area contributed by atoms with Gasteiger partial charge in [-0.2, -0.15) is 8.78 Å². The number of amides is 1. The summed E-state index contributed by atoms with van der Waals surface area (Å²) in [5.74, 6) is -2.72. The Morgan fingerprint density at radius 1 is 1.12 bits per heavy atom. The Bertz CT molecular complexity index is 720. The van der Waals surface area contributed by atoms with Crippen molar-refractivity contribution >= 4 is 29.1 Å². The van der Waals surface area contributed by atoms with Crippen LogP contribution in [0.1, 0.15) is 17.3 Å². The van der Waals surface area contributed by atoms with Crippen molar-refractivity contribution in [2.24, 2.45) is 0 Å². The molecule has 0 saturated heterocycles. The Morgan fingerprint density at radius 2 is 1.79 bits per heavy atom. The average Bonchev–Trinajstić information content (AvgIpc) is 2.54. The molecule has 0 unspecified atom stereocenters. The maximum atomic E-state index is 12.2. The molecular formula is C17H15F2NO3S. The number of rotatable bonds is 7. The summed E-state index contributed by atoms with van der Waals surface area (Å²) >= 11 is 0.435. The molecule has 0 heterocycles. The van der Waals surface area contributed by atoms with Crippen molar-refractivity contribution < 1.29 is 23.1 Å². The summed E-state index contributed by atoms with van der Waals surface area (Å²) in [6, 6.07) is 12.7. The summed E-state index contributed by atoms with van der Waals surface area (Å²) < 4.78 is 29.8. The minimum absolute atomic E-state index is 0.155. The zero-order valence-corrected chi connectivity index (χ0v) is 13.6.